The largest absolute Gasteiger partial charge is 0.481 e. The molecule has 1 heterocycles. The fourth-order valence-corrected chi connectivity index (χ4v) is 3.10. The minimum Gasteiger partial charge on any atom is -0.481 e. The molecule has 1 aromatic carbocycles. The van der Waals surface area contributed by atoms with Crippen LogP contribution >= 0.6 is 69.6 Å². The van der Waals surface area contributed by atoms with Gasteiger partial charge in [0.05, 0.1) is 43.4 Å². The molecular weight excluding hydrogens is 387 g/mol. The van der Waals surface area contributed by atoms with E-state index < -0.39 is 0 Å². The van der Waals surface area contributed by atoms with E-state index in [2.05, 4.69) is 4.98 Å². The van der Waals surface area contributed by atoms with Gasteiger partial charge >= 0.3 is 0 Å². The number of ether oxygens (including phenoxy) is 1. The Bertz CT molecular complexity index is 659. The lowest BCUT2D eigenvalue weighted by atomic mass is 10.1. The Morgan fingerprint density at radius 3 is 1.85 bits per heavy atom. The minimum absolute atomic E-state index is 0.0872. The smallest absolute Gasteiger partial charge is 0.213 e. The molecule has 0 N–H and O–H groups in total. The lowest BCUT2D eigenvalue weighted by Gasteiger charge is -2.14. The van der Waals surface area contributed by atoms with E-state index in [0.717, 1.165) is 0 Å². The van der Waals surface area contributed by atoms with Gasteiger partial charge in [0.1, 0.15) is 0 Å². The second-order valence-electron chi connectivity index (χ2n) is 3.65. The topological polar surface area (TPSA) is 22.1 Å². The van der Waals surface area contributed by atoms with E-state index in [4.69, 9.17) is 74.3 Å². The maximum Gasteiger partial charge on any atom is 0.213 e. The summed E-state index contributed by atoms with van der Waals surface area (Å²) in [5.74, 6) is 0.346. The van der Waals surface area contributed by atoms with Crippen LogP contribution in [0.5, 0.6) is 5.88 Å². The summed E-state index contributed by atoms with van der Waals surface area (Å²) in [5, 5.41) is 0.921. The van der Waals surface area contributed by atoms with Gasteiger partial charge in [-0.05, 0) is 0 Å². The molecule has 2 rings (SSSR count). The number of hydrogen-bond acceptors (Lipinski definition) is 2. The lowest BCUT2D eigenvalue weighted by Crippen LogP contribution is -1.92. The Balaban J connectivity index is 2.83. The van der Waals surface area contributed by atoms with Crippen LogP contribution in [0.15, 0.2) is 12.3 Å². The molecule has 2 nitrogen and oxygen atoms in total. The third kappa shape index (κ3) is 2.78. The number of benzene rings is 1. The van der Waals surface area contributed by atoms with Crippen molar-refractivity contribution in [3.05, 3.63) is 42.4 Å². The Morgan fingerprint density at radius 1 is 0.850 bits per heavy atom. The summed E-state index contributed by atoms with van der Waals surface area (Å²) in [4.78, 5) is 3.97. The Labute approximate surface area is 145 Å². The van der Waals surface area contributed by atoms with Crippen LogP contribution in [0, 0.1) is 0 Å². The molecule has 8 heteroatoms. The first-order valence-corrected chi connectivity index (χ1v) is 7.36. The van der Waals surface area contributed by atoms with Gasteiger partial charge < -0.3 is 4.74 Å². The lowest BCUT2D eigenvalue weighted by molar-refractivity contribution is 0.398. The standard InChI is InChI=1S/C12H5Cl6NO/c1-20-6-2-4(5(13)3-19-6)7-8(14)10(16)12(18)11(17)9(7)15/h2-3H,1H3. The van der Waals surface area contributed by atoms with E-state index in [-0.39, 0.29) is 25.1 Å². The summed E-state index contributed by atoms with van der Waals surface area (Å²) < 4.78 is 5.05. The van der Waals surface area contributed by atoms with Crippen molar-refractivity contribution in [2.75, 3.05) is 7.11 Å². The molecule has 0 saturated carbocycles. The molecule has 0 saturated heterocycles. The van der Waals surface area contributed by atoms with Crippen molar-refractivity contribution in [1.29, 1.82) is 0 Å². The molecule has 0 fully saturated rings. The van der Waals surface area contributed by atoms with Gasteiger partial charge in [-0.15, -0.1) is 0 Å². The quantitative estimate of drug-likeness (QED) is 0.421. The molecular formula is C12H5Cl6NO. The van der Waals surface area contributed by atoms with Gasteiger partial charge in [-0.25, -0.2) is 4.98 Å². The summed E-state index contributed by atoms with van der Waals surface area (Å²) in [6.07, 6.45) is 1.42. The fraction of sp³-hybridized carbons (Fsp3) is 0.0833. The normalized spacial score (nSPS) is 10.8. The number of rotatable bonds is 2. The van der Waals surface area contributed by atoms with Crippen LogP contribution in [-0.4, -0.2) is 12.1 Å². The highest BCUT2D eigenvalue weighted by molar-refractivity contribution is 6.56. The molecule has 0 aliphatic rings. The highest BCUT2D eigenvalue weighted by Gasteiger charge is 2.22. The monoisotopic (exact) mass is 389 g/mol. The molecule has 0 amide bonds. The van der Waals surface area contributed by atoms with Crippen molar-refractivity contribution >= 4 is 69.6 Å². The number of nitrogens with zero attached hydrogens (tertiary/aromatic N) is 1. The zero-order chi connectivity index (χ0) is 15.0. The van der Waals surface area contributed by atoms with Crippen molar-refractivity contribution in [1.82, 2.24) is 4.98 Å². The van der Waals surface area contributed by atoms with Gasteiger partial charge in [0.25, 0.3) is 0 Å². The molecule has 1 aromatic heterocycles. The second kappa shape index (κ2) is 6.35. The van der Waals surface area contributed by atoms with Crippen LogP contribution in [0.2, 0.25) is 30.1 Å². The number of hydrogen-bond donors (Lipinski definition) is 0. The van der Waals surface area contributed by atoms with Crippen molar-refractivity contribution in [2.45, 2.75) is 0 Å². The fourth-order valence-electron chi connectivity index (χ4n) is 1.56. The highest BCUT2D eigenvalue weighted by atomic mass is 35.5. The van der Waals surface area contributed by atoms with Crippen molar-refractivity contribution in [3.8, 4) is 17.0 Å². The summed E-state index contributed by atoms with van der Waals surface area (Å²) >= 11 is 36.5. The zero-order valence-electron chi connectivity index (χ0n) is 9.78. The van der Waals surface area contributed by atoms with E-state index in [0.29, 0.717) is 22.0 Å². The summed E-state index contributed by atoms with van der Waals surface area (Å²) in [6, 6.07) is 1.58. The molecule has 0 atom stereocenters. The van der Waals surface area contributed by atoms with Crippen LogP contribution in [0.25, 0.3) is 11.1 Å². The van der Waals surface area contributed by atoms with Crippen LogP contribution in [0.1, 0.15) is 0 Å². The number of aromatic nitrogens is 1. The van der Waals surface area contributed by atoms with Gasteiger partial charge in [-0.2, -0.15) is 0 Å². The van der Waals surface area contributed by atoms with Crippen LogP contribution in [-0.2, 0) is 0 Å². The zero-order valence-corrected chi connectivity index (χ0v) is 14.3. The Kier molecular flexibility index (Phi) is 5.17. The Morgan fingerprint density at radius 2 is 1.35 bits per heavy atom. The summed E-state index contributed by atoms with van der Waals surface area (Å²) in [7, 11) is 1.48. The van der Waals surface area contributed by atoms with Gasteiger partial charge in [0.15, 0.2) is 0 Å². The molecule has 0 unspecified atom stereocenters. The number of methoxy groups -OCH3 is 1. The maximum atomic E-state index is 6.20. The molecule has 0 aliphatic heterocycles. The highest BCUT2D eigenvalue weighted by Crippen LogP contribution is 2.49. The van der Waals surface area contributed by atoms with E-state index in [1.807, 2.05) is 0 Å². The van der Waals surface area contributed by atoms with Crippen molar-refractivity contribution < 1.29 is 4.74 Å². The first-order chi connectivity index (χ1) is 9.38. The van der Waals surface area contributed by atoms with Gasteiger partial charge in [-0.1, -0.05) is 69.6 Å². The van der Waals surface area contributed by atoms with Crippen molar-refractivity contribution in [2.24, 2.45) is 0 Å². The van der Waals surface area contributed by atoms with E-state index in [1.165, 1.54) is 13.3 Å². The molecule has 2 aromatic rings. The predicted molar refractivity (Wildman–Crippen MR) is 86.3 cm³/mol. The average molecular weight is 392 g/mol. The third-order valence-electron chi connectivity index (χ3n) is 2.52. The van der Waals surface area contributed by atoms with Crippen LogP contribution in [0.3, 0.4) is 0 Å². The van der Waals surface area contributed by atoms with E-state index in [1.54, 1.807) is 6.07 Å². The first kappa shape index (κ1) is 16.3. The molecule has 0 aliphatic carbocycles. The Hall–Kier alpha value is -0.0900. The van der Waals surface area contributed by atoms with Gasteiger partial charge in [-0.3, -0.25) is 0 Å². The van der Waals surface area contributed by atoms with Crippen LogP contribution < -0.4 is 4.74 Å². The van der Waals surface area contributed by atoms with E-state index in [9.17, 15) is 0 Å². The average Bonchev–Trinajstić information content (AvgIpc) is 2.45. The third-order valence-corrected chi connectivity index (χ3v) is 5.10. The molecule has 0 radical (unpaired) electrons. The molecule has 0 bridgehead atoms. The minimum atomic E-state index is 0.0872. The summed E-state index contributed by atoms with van der Waals surface area (Å²) in [6.45, 7) is 0. The second-order valence-corrected chi connectivity index (χ2v) is 5.95. The predicted octanol–water partition coefficient (Wildman–Crippen LogP) is 6.68. The van der Waals surface area contributed by atoms with Gasteiger partial charge in [0, 0.05) is 17.2 Å². The number of halogens is 6. The number of pyridine rings is 1. The summed E-state index contributed by atoms with van der Waals surface area (Å²) in [5.41, 5.74) is 0.868. The maximum absolute atomic E-state index is 6.20. The molecule has 106 valence electrons. The van der Waals surface area contributed by atoms with Gasteiger partial charge in [0.2, 0.25) is 5.88 Å². The van der Waals surface area contributed by atoms with E-state index >= 15 is 0 Å². The van der Waals surface area contributed by atoms with Crippen molar-refractivity contribution in [3.63, 3.8) is 0 Å². The SMILES string of the molecule is COc1cc(-c2c(Cl)c(Cl)c(Cl)c(Cl)c2Cl)c(Cl)cn1. The molecule has 0 spiro atoms. The van der Waals surface area contributed by atoms with Crippen LogP contribution in [0.4, 0.5) is 0 Å². The molecule has 20 heavy (non-hydrogen) atoms. The first-order valence-electron chi connectivity index (χ1n) is 5.09.